The first-order valence-electron chi connectivity index (χ1n) is 7.91. The fraction of sp³-hybridized carbons (Fsp3) is 0.222. The maximum absolute atomic E-state index is 13.6. The van der Waals surface area contributed by atoms with E-state index in [1.165, 1.54) is 17.7 Å². The van der Waals surface area contributed by atoms with Gasteiger partial charge in [-0.15, -0.1) is 0 Å². The van der Waals surface area contributed by atoms with Gasteiger partial charge < -0.3 is 5.32 Å². The van der Waals surface area contributed by atoms with Gasteiger partial charge in [-0.05, 0) is 61.0 Å². The van der Waals surface area contributed by atoms with Crippen molar-refractivity contribution in [1.82, 2.24) is 10.9 Å². The first kappa shape index (κ1) is 19.1. The molecule has 0 fully saturated rings. The second-order valence-electron chi connectivity index (χ2n) is 5.46. The summed E-state index contributed by atoms with van der Waals surface area (Å²) >= 11 is 10.9. The Labute approximate surface area is 156 Å². The Morgan fingerprint density at radius 1 is 1.16 bits per heavy atom. The minimum atomic E-state index is -0.668. The monoisotopic (exact) mass is 379 g/mol. The predicted molar refractivity (Wildman–Crippen MR) is 103 cm³/mol. The highest BCUT2D eigenvalue weighted by molar-refractivity contribution is 7.80. The third-order valence-electron chi connectivity index (χ3n) is 3.49. The molecular formula is C18H19ClFN3OS. The average Bonchev–Trinajstić information content (AvgIpc) is 2.61. The normalized spacial score (nSPS) is 10.2. The molecule has 1 amide bonds. The SMILES string of the molecule is CCCCc1ccc(NC(=S)NNC(=O)c2cc(Cl)ccc2F)cc1. The summed E-state index contributed by atoms with van der Waals surface area (Å²) in [4.78, 5) is 12.0. The lowest BCUT2D eigenvalue weighted by molar-refractivity contribution is 0.0940. The van der Waals surface area contributed by atoms with Gasteiger partial charge in [-0.25, -0.2) is 4.39 Å². The summed E-state index contributed by atoms with van der Waals surface area (Å²) in [6.07, 6.45) is 3.35. The zero-order valence-corrected chi connectivity index (χ0v) is 15.3. The highest BCUT2D eigenvalue weighted by atomic mass is 35.5. The lowest BCUT2D eigenvalue weighted by atomic mass is 10.1. The summed E-state index contributed by atoms with van der Waals surface area (Å²) in [5, 5.41) is 3.41. The number of amides is 1. The van der Waals surface area contributed by atoms with Crippen LogP contribution in [0.4, 0.5) is 10.1 Å². The molecule has 132 valence electrons. The number of carbonyl (C=O) groups is 1. The summed E-state index contributed by atoms with van der Waals surface area (Å²) in [6.45, 7) is 2.16. The number of hydrogen-bond acceptors (Lipinski definition) is 2. The molecule has 2 aromatic carbocycles. The van der Waals surface area contributed by atoms with Crippen LogP contribution in [0.25, 0.3) is 0 Å². The zero-order valence-electron chi connectivity index (χ0n) is 13.7. The lowest BCUT2D eigenvalue weighted by Gasteiger charge is -2.12. The van der Waals surface area contributed by atoms with Gasteiger partial charge in [0.25, 0.3) is 5.91 Å². The fourth-order valence-corrected chi connectivity index (χ4v) is 2.49. The Hall–Kier alpha value is -2.18. The van der Waals surface area contributed by atoms with Crippen LogP contribution in [0.1, 0.15) is 35.7 Å². The number of halogens is 2. The van der Waals surface area contributed by atoms with Crippen LogP contribution in [0.15, 0.2) is 42.5 Å². The smallest absolute Gasteiger partial charge is 0.272 e. The molecule has 0 radical (unpaired) electrons. The van der Waals surface area contributed by atoms with Gasteiger partial charge in [0.15, 0.2) is 5.11 Å². The molecule has 4 nitrogen and oxygen atoms in total. The van der Waals surface area contributed by atoms with E-state index in [9.17, 15) is 9.18 Å². The summed E-state index contributed by atoms with van der Waals surface area (Å²) in [6, 6.07) is 11.6. The molecule has 2 rings (SSSR count). The largest absolute Gasteiger partial charge is 0.331 e. The lowest BCUT2D eigenvalue weighted by Crippen LogP contribution is -2.44. The second kappa shape index (κ2) is 9.34. The predicted octanol–water partition coefficient (Wildman–Crippen LogP) is 4.45. The maximum Gasteiger partial charge on any atom is 0.272 e. The molecule has 0 aliphatic carbocycles. The van der Waals surface area contributed by atoms with E-state index in [-0.39, 0.29) is 15.7 Å². The van der Waals surface area contributed by atoms with Crippen molar-refractivity contribution in [2.24, 2.45) is 0 Å². The average molecular weight is 380 g/mol. The number of rotatable bonds is 5. The van der Waals surface area contributed by atoms with Gasteiger partial charge >= 0.3 is 0 Å². The van der Waals surface area contributed by atoms with E-state index in [1.54, 1.807) is 0 Å². The number of thiocarbonyl (C=S) groups is 1. The molecule has 0 bridgehead atoms. The van der Waals surface area contributed by atoms with Gasteiger partial charge in [0.1, 0.15) is 5.82 Å². The quantitative estimate of drug-likeness (QED) is 0.530. The van der Waals surface area contributed by atoms with Crippen molar-refractivity contribution in [3.63, 3.8) is 0 Å². The van der Waals surface area contributed by atoms with E-state index < -0.39 is 11.7 Å². The van der Waals surface area contributed by atoms with Crippen LogP contribution >= 0.6 is 23.8 Å². The molecule has 0 aliphatic rings. The van der Waals surface area contributed by atoms with Gasteiger partial charge in [0.2, 0.25) is 0 Å². The number of hydrazine groups is 1. The topological polar surface area (TPSA) is 53.2 Å². The molecule has 0 aliphatic heterocycles. The van der Waals surface area contributed by atoms with E-state index in [4.69, 9.17) is 23.8 Å². The highest BCUT2D eigenvalue weighted by Crippen LogP contribution is 2.14. The third kappa shape index (κ3) is 5.99. The van der Waals surface area contributed by atoms with E-state index >= 15 is 0 Å². The molecule has 7 heteroatoms. The van der Waals surface area contributed by atoms with Crippen LogP contribution in [0.3, 0.4) is 0 Å². The van der Waals surface area contributed by atoms with Crippen molar-refractivity contribution in [2.75, 3.05) is 5.32 Å². The minimum absolute atomic E-state index is 0.164. The molecule has 0 spiro atoms. The minimum Gasteiger partial charge on any atom is -0.331 e. The van der Waals surface area contributed by atoms with Crippen LogP contribution in [0, 0.1) is 5.82 Å². The Bertz CT molecular complexity index is 752. The molecule has 25 heavy (non-hydrogen) atoms. The van der Waals surface area contributed by atoms with Crippen molar-refractivity contribution in [3.05, 3.63) is 64.4 Å². The van der Waals surface area contributed by atoms with Gasteiger partial charge in [-0.1, -0.05) is 37.1 Å². The van der Waals surface area contributed by atoms with E-state index in [0.29, 0.717) is 0 Å². The summed E-state index contributed by atoms with van der Waals surface area (Å²) in [5.74, 6) is -1.33. The molecule has 0 aromatic heterocycles. The Kier molecular flexibility index (Phi) is 7.16. The molecule has 0 atom stereocenters. The Balaban J connectivity index is 1.86. The van der Waals surface area contributed by atoms with Crippen molar-refractivity contribution in [2.45, 2.75) is 26.2 Å². The fourth-order valence-electron chi connectivity index (χ4n) is 2.15. The van der Waals surface area contributed by atoms with Gasteiger partial charge in [-0.3, -0.25) is 15.6 Å². The first-order chi connectivity index (χ1) is 12.0. The van der Waals surface area contributed by atoms with Gasteiger partial charge in [0, 0.05) is 10.7 Å². The summed E-state index contributed by atoms with van der Waals surface area (Å²) in [5.41, 5.74) is 6.76. The number of unbranched alkanes of at least 4 members (excludes halogenated alkanes) is 1. The van der Waals surface area contributed by atoms with Crippen molar-refractivity contribution in [3.8, 4) is 0 Å². The zero-order chi connectivity index (χ0) is 18.2. The summed E-state index contributed by atoms with van der Waals surface area (Å²) in [7, 11) is 0. The number of carbonyl (C=O) groups excluding carboxylic acids is 1. The molecule has 2 aromatic rings. The van der Waals surface area contributed by atoms with E-state index in [2.05, 4.69) is 23.1 Å². The van der Waals surface area contributed by atoms with Crippen molar-refractivity contribution < 1.29 is 9.18 Å². The van der Waals surface area contributed by atoms with Crippen LogP contribution < -0.4 is 16.2 Å². The van der Waals surface area contributed by atoms with Gasteiger partial charge in [0.05, 0.1) is 5.56 Å². The molecule has 0 saturated heterocycles. The van der Waals surface area contributed by atoms with Crippen molar-refractivity contribution in [1.29, 1.82) is 0 Å². The third-order valence-corrected chi connectivity index (χ3v) is 3.93. The molecule has 0 heterocycles. The highest BCUT2D eigenvalue weighted by Gasteiger charge is 2.12. The number of hydrogen-bond donors (Lipinski definition) is 3. The second-order valence-corrected chi connectivity index (χ2v) is 6.30. The van der Waals surface area contributed by atoms with Crippen LogP contribution in [-0.4, -0.2) is 11.0 Å². The van der Waals surface area contributed by atoms with E-state index in [0.717, 1.165) is 31.0 Å². The summed E-state index contributed by atoms with van der Waals surface area (Å²) < 4.78 is 13.6. The molecule has 3 N–H and O–H groups in total. The van der Waals surface area contributed by atoms with Crippen LogP contribution in [0.5, 0.6) is 0 Å². The van der Waals surface area contributed by atoms with Crippen LogP contribution in [-0.2, 0) is 6.42 Å². The first-order valence-corrected chi connectivity index (χ1v) is 8.69. The maximum atomic E-state index is 13.6. The standard InChI is InChI=1S/C18H19ClFN3OS/c1-2-3-4-12-5-8-14(9-6-12)21-18(25)23-22-17(24)15-11-13(19)7-10-16(15)20/h5-11H,2-4H2,1H3,(H,22,24)(H2,21,23,25). The van der Waals surface area contributed by atoms with Crippen LogP contribution in [0.2, 0.25) is 5.02 Å². The molecule has 0 unspecified atom stereocenters. The molecule has 0 saturated carbocycles. The number of aryl methyl sites for hydroxylation is 1. The number of benzene rings is 2. The number of anilines is 1. The number of nitrogens with one attached hydrogen (secondary N) is 3. The van der Waals surface area contributed by atoms with E-state index in [1.807, 2.05) is 24.3 Å². The Morgan fingerprint density at radius 2 is 1.88 bits per heavy atom. The van der Waals surface area contributed by atoms with Gasteiger partial charge in [-0.2, -0.15) is 0 Å². The van der Waals surface area contributed by atoms with Crippen molar-refractivity contribution >= 4 is 40.5 Å². The Morgan fingerprint density at radius 3 is 2.56 bits per heavy atom. The molecular weight excluding hydrogens is 361 g/mol.